The van der Waals surface area contributed by atoms with Gasteiger partial charge in [-0.05, 0) is 44.2 Å². The van der Waals surface area contributed by atoms with E-state index in [1.165, 1.54) is 17.7 Å². The fourth-order valence-electron chi connectivity index (χ4n) is 5.39. The largest absolute Gasteiger partial charge is 0.496 e. The van der Waals surface area contributed by atoms with Crippen molar-refractivity contribution in [3.8, 4) is 5.75 Å². The highest BCUT2D eigenvalue weighted by molar-refractivity contribution is 5.95. The Bertz CT molecular complexity index is 1080. The van der Waals surface area contributed by atoms with Crippen LogP contribution in [-0.2, 0) is 23.7 Å². The summed E-state index contributed by atoms with van der Waals surface area (Å²) in [5.41, 5.74) is 0.344. The van der Waals surface area contributed by atoms with Gasteiger partial charge in [-0.2, -0.15) is 13.2 Å². The van der Waals surface area contributed by atoms with E-state index in [4.69, 9.17) is 4.74 Å². The Morgan fingerprint density at radius 2 is 1.79 bits per heavy atom. The van der Waals surface area contributed by atoms with Crippen LogP contribution in [0, 0.1) is 0 Å². The zero-order valence-corrected chi connectivity index (χ0v) is 20.1. The molecule has 1 aromatic heterocycles. The maximum absolute atomic E-state index is 13.5. The van der Waals surface area contributed by atoms with Gasteiger partial charge in [0.05, 0.1) is 19.3 Å². The number of alkyl halides is 3. The number of likely N-dealkylation sites (N-methyl/N-ethyl adjacent to an activating group) is 1. The van der Waals surface area contributed by atoms with Gasteiger partial charge in [0.1, 0.15) is 11.4 Å². The lowest BCUT2D eigenvalue weighted by Gasteiger charge is -2.50. The van der Waals surface area contributed by atoms with Gasteiger partial charge in [-0.25, -0.2) is 0 Å². The van der Waals surface area contributed by atoms with Crippen LogP contribution in [0.1, 0.15) is 55.4 Å². The zero-order valence-electron chi connectivity index (χ0n) is 20.1. The molecule has 4 rings (SSSR count). The van der Waals surface area contributed by atoms with Crippen LogP contribution in [-0.4, -0.2) is 65.8 Å². The second kappa shape index (κ2) is 8.61. The van der Waals surface area contributed by atoms with Crippen LogP contribution >= 0.6 is 0 Å². The molecule has 0 bridgehead atoms. The molecule has 0 aliphatic carbocycles. The highest BCUT2D eigenvalue weighted by Gasteiger charge is 2.47. The van der Waals surface area contributed by atoms with Crippen molar-refractivity contribution < 1.29 is 29.2 Å². The summed E-state index contributed by atoms with van der Waals surface area (Å²) in [4.78, 5) is 17.2. The van der Waals surface area contributed by atoms with Crippen LogP contribution in [0.3, 0.4) is 0 Å². The lowest BCUT2D eigenvalue weighted by Crippen LogP contribution is -2.56. The second-order valence-corrected chi connectivity index (χ2v) is 9.96. The van der Waals surface area contributed by atoms with Crippen molar-refractivity contribution in [3.05, 3.63) is 52.8 Å². The van der Waals surface area contributed by atoms with Crippen LogP contribution < -0.4 is 4.74 Å². The Morgan fingerprint density at radius 3 is 2.38 bits per heavy atom. The Labute approximate surface area is 199 Å². The van der Waals surface area contributed by atoms with Crippen molar-refractivity contribution in [2.45, 2.75) is 50.4 Å². The maximum Gasteiger partial charge on any atom is 0.431 e. The van der Waals surface area contributed by atoms with E-state index < -0.39 is 22.8 Å². The number of nitrogens with zero attached hydrogens (tertiary/aromatic N) is 3. The zero-order chi connectivity index (χ0) is 24.9. The Hall–Kier alpha value is -2.52. The van der Waals surface area contributed by atoms with Crippen molar-refractivity contribution in [2.75, 3.05) is 40.4 Å². The normalized spacial score (nSPS) is 18.8. The molecule has 9 heteroatoms. The third-order valence-electron chi connectivity index (χ3n) is 7.59. The van der Waals surface area contributed by atoms with Crippen LogP contribution in [0.5, 0.6) is 5.75 Å². The predicted molar refractivity (Wildman–Crippen MR) is 124 cm³/mol. The van der Waals surface area contributed by atoms with E-state index in [2.05, 4.69) is 4.90 Å². The van der Waals surface area contributed by atoms with Crippen LogP contribution in [0.4, 0.5) is 13.2 Å². The van der Waals surface area contributed by atoms with Gasteiger partial charge in [-0.15, -0.1) is 0 Å². The predicted octanol–water partition coefficient (Wildman–Crippen LogP) is 4.11. The molecule has 2 aliphatic rings. The topological polar surface area (TPSA) is 57.9 Å². The summed E-state index contributed by atoms with van der Waals surface area (Å²) in [7, 11) is 3.49. The fourth-order valence-corrected chi connectivity index (χ4v) is 5.39. The first-order chi connectivity index (χ1) is 15.9. The van der Waals surface area contributed by atoms with Crippen LogP contribution in [0.2, 0.25) is 0 Å². The molecule has 0 radical (unpaired) electrons. The van der Waals surface area contributed by atoms with Crippen molar-refractivity contribution in [2.24, 2.45) is 0 Å². The molecular formula is C25H34F3N3O3. The van der Waals surface area contributed by atoms with Gasteiger partial charge in [0.15, 0.2) is 0 Å². The van der Waals surface area contributed by atoms with E-state index in [0.29, 0.717) is 56.0 Å². The molecule has 2 aromatic rings. The summed E-state index contributed by atoms with van der Waals surface area (Å²) in [5, 5.41) is 9.71. The minimum atomic E-state index is -4.39. The quantitative estimate of drug-likeness (QED) is 0.714. The van der Waals surface area contributed by atoms with Gasteiger partial charge in [-0.3, -0.25) is 9.69 Å². The molecule has 2 aliphatic heterocycles. The summed E-state index contributed by atoms with van der Waals surface area (Å²) < 4.78 is 47.4. The van der Waals surface area contributed by atoms with E-state index in [0.717, 1.165) is 5.56 Å². The first-order valence-corrected chi connectivity index (χ1v) is 11.5. The van der Waals surface area contributed by atoms with Crippen LogP contribution in [0.25, 0.3) is 0 Å². The number of fused-ring (bicyclic) bond motifs is 2. The summed E-state index contributed by atoms with van der Waals surface area (Å²) in [6.45, 7) is 5.46. The van der Waals surface area contributed by atoms with E-state index >= 15 is 0 Å². The van der Waals surface area contributed by atoms with Gasteiger partial charge >= 0.3 is 6.18 Å². The Kier molecular flexibility index (Phi) is 6.23. The number of benzene rings is 1. The molecule has 1 spiro atoms. The number of hydrogen-bond acceptors (Lipinski definition) is 4. The fraction of sp³-hybridized carbons (Fsp3) is 0.560. The number of carbonyl (C=O) groups excluding carboxylic acids is 1. The third kappa shape index (κ3) is 3.98. The summed E-state index contributed by atoms with van der Waals surface area (Å²) in [6, 6.07) is 8.04. The van der Waals surface area contributed by atoms with Gasteiger partial charge in [0, 0.05) is 49.8 Å². The SMILES string of the molecule is COc1cc(C(=O)N2CCC3(CC2)c2ccc(C(F)(F)F)n2CCN3C)ccc1C(C)(C)CO.[HH]. The molecule has 188 valence electrons. The highest BCUT2D eigenvalue weighted by Crippen LogP contribution is 2.44. The molecule has 1 saturated heterocycles. The first kappa shape index (κ1) is 24.6. The number of halogens is 3. The number of ether oxygens (including phenoxy) is 1. The standard InChI is InChI=1S/C25H32F3N3O3.H2/c1-23(2,16-32)18-6-5-17(15-19(18)34-4)22(33)30-11-9-24(10-12-30)20-7-8-21(25(26,27)28)31(20)14-13-29(24)3;/h5-8,15,32H,9-14,16H2,1-4H3;1H. The summed E-state index contributed by atoms with van der Waals surface area (Å²) in [5.74, 6) is 0.411. The van der Waals surface area contributed by atoms with E-state index in [-0.39, 0.29) is 13.9 Å². The Morgan fingerprint density at radius 1 is 1.12 bits per heavy atom. The number of carbonyl (C=O) groups is 1. The number of aliphatic hydroxyl groups excluding tert-OH is 1. The van der Waals surface area contributed by atoms with Gasteiger partial charge in [0.25, 0.3) is 5.91 Å². The number of methoxy groups -OCH3 is 1. The molecule has 1 N–H and O–H groups in total. The van der Waals surface area contributed by atoms with Crippen molar-refractivity contribution in [3.63, 3.8) is 0 Å². The summed E-state index contributed by atoms with van der Waals surface area (Å²) >= 11 is 0. The molecule has 0 saturated carbocycles. The molecule has 1 amide bonds. The molecule has 6 nitrogen and oxygen atoms in total. The molecule has 34 heavy (non-hydrogen) atoms. The van der Waals surface area contributed by atoms with Gasteiger partial charge in [0.2, 0.25) is 0 Å². The Balaban J connectivity index is 0.00000342. The second-order valence-electron chi connectivity index (χ2n) is 9.96. The van der Waals surface area contributed by atoms with Gasteiger partial charge in [-0.1, -0.05) is 19.9 Å². The number of hydrogen-bond donors (Lipinski definition) is 1. The van der Waals surface area contributed by atoms with Crippen molar-refractivity contribution in [1.82, 2.24) is 14.4 Å². The van der Waals surface area contributed by atoms with Crippen molar-refractivity contribution >= 4 is 5.91 Å². The number of aliphatic hydroxyl groups is 1. The van der Waals surface area contributed by atoms with E-state index in [1.807, 2.05) is 27.0 Å². The van der Waals surface area contributed by atoms with Gasteiger partial charge < -0.3 is 19.3 Å². The van der Waals surface area contributed by atoms with E-state index in [9.17, 15) is 23.1 Å². The third-order valence-corrected chi connectivity index (χ3v) is 7.59. The average molecular weight is 482 g/mol. The number of piperidine rings is 1. The minimum absolute atomic E-state index is 0. The van der Waals surface area contributed by atoms with E-state index in [1.54, 1.807) is 23.1 Å². The molecule has 1 aromatic carbocycles. The molecule has 0 atom stereocenters. The first-order valence-electron chi connectivity index (χ1n) is 11.5. The number of likely N-dealkylation sites (tertiary alicyclic amines) is 1. The number of rotatable bonds is 4. The lowest BCUT2D eigenvalue weighted by molar-refractivity contribution is -0.144. The molecule has 1 fully saturated rings. The smallest absolute Gasteiger partial charge is 0.431 e. The number of aromatic nitrogens is 1. The molecular weight excluding hydrogens is 447 g/mol. The highest BCUT2D eigenvalue weighted by atomic mass is 19.4. The molecule has 0 unspecified atom stereocenters. The monoisotopic (exact) mass is 481 g/mol. The minimum Gasteiger partial charge on any atom is -0.496 e. The summed E-state index contributed by atoms with van der Waals surface area (Å²) in [6.07, 6.45) is -3.27. The molecule has 3 heterocycles. The van der Waals surface area contributed by atoms with Crippen LogP contribution in [0.15, 0.2) is 30.3 Å². The lowest BCUT2D eigenvalue weighted by atomic mass is 9.81. The van der Waals surface area contributed by atoms with Crippen molar-refractivity contribution in [1.29, 1.82) is 0 Å². The number of amides is 1. The average Bonchev–Trinajstić information content (AvgIpc) is 3.27. The maximum atomic E-state index is 13.5.